The van der Waals surface area contributed by atoms with Gasteiger partial charge in [0.15, 0.2) is 0 Å². The lowest BCUT2D eigenvalue weighted by Gasteiger charge is -2.35. The number of ether oxygens (including phenoxy) is 1. The first-order valence-corrected chi connectivity index (χ1v) is 7.94. The number of esters is 1. The summed E-state index contributed by atoms with van der Waals surface area (Å²) >= 11 is 0. The maximum Gasteiger partial charge on any atom is 0.322 e. The summed E-state index contributed by atoms with van der Waals surface area (Å²) in [6, 6.07) is -0.219. The molecule has 1 amide bonds. The van der Waals surface area contributed by atoms with Gasteiger partial charge >= 0.3 is 5.97 Å². The second-order valence-corrected chi connectivity index (χ2v) is 6.10. The first-order chi connectivity index (χ1) is 10.1. The minimum atomic E-state index is -0.204. The van der Waals surface area contributed by atoms with E-state index in [0.717, 1.165) is 45.3 Å². The molecule has 0 aromatic carbocycles. The van der Waals surface area contributed by atoms with E-state index in [4.69, 9.17) is 4.74 Å². The van der Waals surface area contributed by atoms with Crippen LogP contribution in [-0.2, 0) is 14.3 Å². The molecular weight excluding hydrogens is 270 g/mol. The third-order valence-electron chi connectivity index (χ3n) is 4.58. The highest BCUT2D eigenvalue weighted by Gasteiger charge is 2.29. The number of nitrogens with one attached hydrogen (secondary N) is 2. The molecule has 2 rings (SSSR count). The molecule has 2 aliphatic rings. The summed E-state index contributed by atoms with van der Waals surface area (Å²) in [6.45, 7) is 5.28. The average molecular weight is 297 g/mol. The molecule has 2 heterocycles. The van der Waals surface area contributed by atoms with E-state index in [2.05, 4.69) is 15.5 Å². The number of likely N-dealkylation sites (tertiary alicyclic amines) is 1. The fourth-order valence-electron chi connectivity index (χ4n) is 3.21. The van der Waals surface area contributed by atoms with E-state index in [0.29, 0.717) is 12.5 Å². The molecule has 2 fully saturated rings. The van der Waals surface area contributed by atoms with E-state index in [1.54, 1.807) is 0 Å². The summed E-state index contributed by atoms with van der Waals surface area (Å²) in [5.41, 5.74) is 0. The quantitative estimate of drug-likeness (QED) is 0.706. The van der Waals surface area contributed by atoms with E-state index in [-0.39, 0.29) is 24.0 Å². The molecule has 120 valence electrons. The van der Waals surface area contributed by atoms with Crippen molar-refractivity contribution < 1.29 is 14.3 Å². The van der Waals surface area contributed by atoms with Crippen molar-refractivity contribution >= 4 is 11.9 Å². The summed E-state index contributed by atoms with van der Waals surface area (Å²) in [5.74, 6) is 0.344. The van der Waals surface area contributed by atoms with Gasteiger partial charge < -0.3 is 15.4 Å². The molecule has 2 saturated heterocycles. The molecule has 0 spiro atoms. The van der Waals surface area contributed by atoms with Gasteiger partial charge in [-0.05, 0) is 51.6 Å². The SMILES string of the molecule is COC(=O)C(C)N1CCCC(CNC(=O)C2CCCN2)C1. The minimum absolute atomic E-state index is 0.0151. The smallest absolute Gasteiger partial charge is 0.322 e. The molecule has 2 N–H and O–H groups in total. The van der Waals surface area contributed by atoms with Crippen molar-refractivity contribution in [2.75, 3.05) is 33.3 Å². The third-order valence-corrected chi connectivity index (χ3v) is 4.58. The van der Waals surface area contributed by atoms with Crippen molar-refractivity contribution in [3.63, 3.8) is 0 Å². The number of carbonyl (C=O) groups excluding carboxylic acids is 2. The van der Waals surface area contributed by atoms with Crippen molar-refractivity contribution in [1.29, 1.82) is 0 Å². The zero-order chi connectivity index (χ0) is 15.2. The standard InChI is InChI=1S/C15H27N3O3/c1-11(15(20)21-2)18-8-4-5-12(10-18)9-17-14(19)13-6-3-7-16-13/h11-13,16H,3-10H2,1-2H3,(H,17,19). The zero-order valence-corrected chi connectivity index (χ0v) is 13.1. The Morgan fingerprint density at radius 2 is 2.19 bits per heavy atom. The van der Waals surface area contributed by atoms with Crippen LogP contribution >= 0.6 is 0 Å². The second kappa shape index (κ2) is 7.75. The normalized spacial score (nSPS) is 28.1. The predicted octanol–water partition coefficient (Wildman–Crippen LogP) is 0.128. The van der Waals surface area contributed by atoms with E-state index in [1.807, 2.05) is 6.92 Å². The summed E-state index contributed by atoms with van der Waals surface area (Å²) in [5, 5.41) is 6.26. The van der Waals surface area contributed by atoms with E-state index in [1.165, 1.54) is 7.11 Å². The summed E-state index contributed by atoms with van der Waals surface area (Å²) in [4.78, 5) is 25.8. The van der Waals surface area contributed by atoms with Gasteiger partial charge in [-0.15, -0.1) is 0 Å². The molecule has 6 heteroatoms. The number of piperidine rings is 1. The molecule has 0 bridgehead atoms. The summed E-state index contributed by atoms with van der Waals surface area (Å²) < 4.78 is 4.81. The van der Waals surface area contributed by atoms with Gasteiger partial charge in [-0.1, -0.05) is 0 Å². The molecule has 0 saturated carbocycles. The molecule has 2 aliphatic heterocycles. The Morgan fingerprint density at radius 3 is 2.86 bits per heavy atom. The Morgan fingerprint density at radius 1 is 1.38 bits per heavy atom. The fraction of sp³-hybridized carbons (Fsp3) is 0.867. The highest BCUT2D eigenvalue weighted by molar-refractivity contribution is 5.82. The van der Waals surface area contributed by atoms with Crippen LogP contribution < -0.4 is 10.6 Å². The fourth-order valence-corrected chi connectivity index (χ4v) is 3.21. The van der Waals surface area contributed by atoms with Gasteiger partial charge in [-0.3, -0.25) is 14.5 Å². The number of nitrogens with zero attached hydrogens (tertiary/aromatic N) is 1. The van der Waals surface area contributed by atoms with Gasteiger partial charge in [-0.25, -0.2) is 0 Å². The molecule has 6 nitrogen and oxygen atoms in total. The van der Waals surface area contributed by atoms with Gasteiger partial charge in [0, 0.05) is 13.1 Å². The topological polar surface area (TPSA) is 70.7 Å². The van der Waals surface area contributed by atoms with E-state index < -0.39 is 0 Å². The van der Waals surface area contributed by atoms with Crippen LogP contribution in [0.25, 0.3) is 0 Å². The Balaban J connectivity index is 1.75. The van der Waals surface area contributed by atoms with Crippen molar-refractivity contribution in [3.05, 3.63) is 0 Å². The largest absolute Gasteiger partial charge is 0.468 e. The van der Waals surface area contributed by atoms with Crippen LogP contribution in [0, 0.1) is 5.92 Å². The van der Waals surface area contributed by atoms with Crippen molar-refractivity contribution in [2.45, 2.75) is 44.7 Å². The summed E-state index contributed by atoms with van der Waals surface area (Å²) in [7, 11) is 1.43. The Labute approximate surface area is 126 Å². The third kappa shape index (κ3) is 4.41. The maximum atomic E-state index is 12.0. The van der Waals surface area contributed by atoms with Gasteiger partial charge in [0.05, 0.1) is 13.2 Å². The number of rotatable bonds is 5. The number of hydrogen-bond acceptors (Lipinski definition) is 5. The number of carbonyl (C=O) groups is 2. The minimum Gasteiger partial charge on any atom is -0.468 e. The first-order valence-electron chi connectivity index (χ1n) is 7.94. The Hall–Kier alpha value is -1.14. The van der Waals surface area contributed by atoms with Gasteiger partial charge in [0.2, 0.25) is 5.91 Å². The maximum absolute atomic E-state index is 12.0. The van der Waals surface area contributed by atoms with E-state index in [9.17, 15) is 9.59 Å². The zero-order valence-electron chi connectivity index (χ0n) is 13.1. The second-order valence-electron chi connectivity index (χ2n) is 6.10. The van der Waals surface area contributed by atoms with Crippen LogP contribution in [0.4, 0.5) is 0 Å². The van der Waals surface area contributed by atoms with Gasteiger partial charge in [-0.2, -0.15) is 0 Å². The van der Waals surface area contributed by atoms with Crippen molar-refractivity contribution in [3.8, 4) is 0 Å². The van der Waals surface area contributed by atoms with Crippen LogP contribution in [0.15, 0.2) is 0 Å². The molecule has 0 aromatic rings. The summed E-state index contributed by atoms with van der Waals surface area (Å²) in [6.07, 6.45) is 4.17. The lowest BCUT2D eigenvalue weighted by Crippen LogP contribution is -2.49. The average Bonchev–Trinajstić information content (AvgIpc) is 3.05. The van der Waals surface area contributed by atoms with Crippen LogP contribution in [0.3, 0.4) is 0 Å². The first kappa shape index (κ1) is 16.2. The molecular formula is C15H27N3O3. The number of methoxy groups -OCH3 is 1. The van der Waals surface area contributed by atoms with Gasteiger partial charge in [0.1, 0.15) is 6.04 Å². The van der Waals surface area contributed by atoms with Crippen LogP contribution in [0.1, 0.15) is 32.6 Å². The molecule has 0 aromatic heterocycles. The van der Waals surface area contributed by atoms with Crippen LogP contribution in [0.5, 0.6) is 0 Å². The molecule has 0 radical (unpaired) electrons. The highest BCUT2D eigenvalue weighted by Crippen LogP contribution is 2.18. The van der Waals surface area contributed by atoms with E-state index >= 15 is 0 Å². The number of amides is 1. The van der Waals surface area contributed by atoms with Gasteiger partial charge in [0.25, 0.3) is 0 Å². The van der Waals surface area contributed by atoms with Crippen molar-refractivity contribution in [1.82, 2.24) is 15.5 Å². The lowest BCUT2D eigenvalue weighted by molar-refractivity contribution is -0.147. The van der Waals surface area contributed by atoms with Crippen molar-refractivity contribution in [2.24, 2.45) is 5.92 Å². The Bertz CT molecular complexity index is 369. The Kier molecular flexibility index (Phi) is 5.99. The molecule has 3 atom stereocenters. The molecule has 21 heavy (non-hydrogen) atoms. The predicted molar refractivity (Wildman–Crippen MR) is 79.8 cm³/mol. The lowest BCUT2D eigenvalue weighted by atomic mass is 9.96. The highest BCUT2D eigenvalue weighted by atomic mass is 16.5. The van der Waals surface area contributed by atoms with Crippen LogP contribution in [-0.4, -0.2) is 62.1 Å². The number of hydrogen-bond donors (Lipinski definition) is 2. The van der Waals surface area contributed by atoms with Crippen LogP contribution in [0.2, 0.25) is 0 Å². The molecule has 3 unspecified atom stereocenters. The molecule has 0 aliphatic carbocycles. The monoisotopic (exact) mass is 297 g/mol.